The van der Waals surface area contributed by atoms with E-state index in [2.05, 4.69) is 35.2 Å². The third-order valence-corrected chi connectivity index (χ3v) is 2.94. The van der Waals surface area contributed by atoms with Crippen LogP contribution in [-0.2, 0) is 6.54 Å². The first kappa shape index (κ1) is 10.2. The van der Waals surface area contributed by atoms with Crippen LogP contribution < -0.4 is 0 Å². The highest BCUT2D eigenvalue weighted by atomic mass is 15.1. The molecule has 1 atom stereocenters. The van der Waals surface area contributed by atoms with Crippen LogP contribution in [0.25, 0.3) is 0 Å². The summed E-state index contributed by atoms with van der Waals surface area (Å²) in [7, 11) is 0. The minimum Gasteiger partial charge on any atom is -0.298 e. The normalized spacial score (nSPS) is 22.2. The van der Waals surface area contributed by atoms with Crippen LogP contribution in [0.2, 0.25) is 0 Å². The van der Waals surface area contributed by atoms with Gasteiger partial charge in [0, 0.05) is 13.1 Å². The number of nitriles is 1. The van der Waals surface area contributed by atoms with E-state index < -0.39 is 0 Å². The van der Waals surface area contributed by atoms with Crippen molar-refractivity contribution in [3.63, 3.8) is 0 Å². The largest absolute Gasteiger partial charge is 0.298 e. The predicted molar refractivity (Wildman–Crippen MR) is 60.1 cm³/mol. The summed E-state index contributed by atoms with van der Waals surface area (Å²) in [5, 5.41) is 8.90. The fourth-order valence-electron chi connectivity index (χ4n) is 2.15. The lowest BCUT2D eigenvalue weighted by molar-refractivity contribution is 0.192. The number of rotatable bonds is 2. The van der Waals surface area contributed by atoms with E-state index in [1.54, 1.807) is 0 Å². The average molecular weight is 200 g/mol. The third-order valence-electron chi connectivity index (χ3n) is 2.94. The number of benzene rings is 1. The van der Waals surface area contributed by atoms with Gasteiger partial charge in [0.05, 0.1) is 12.0 Å². The van der Waals surface area contributed by atoms with Crippen LogP contribution >= 0.6 is 0 Å². The molecular weight excluding hydrogens is 184 g/mol. The number of hydrogen-bond donors (Lipinski definition) is 0. The molecule has 1 aliphatic rings. The highest BCUT2D eigenvalue weighted by Gasteiger charge is 2.18. The maximum Gasteiger partial charge on any atom is 0.0669 e. The lowest BCUT2D eigenvalue weighted by Gasteiger charge is -2.29. The van der Waals surface area contributed by atoms with E-state index in [1.807, 2.05) is 6.07 Å². The molecule has 0 aliphatic carbocycles. The van der Waals surface area contributed by atoms with Gasteiger partial charge in [-0.2, -0.15) is 5.26 Å². The zero-order chi connectivity index (χ0) is 10.5. The van der Waals surface area contributed by atoms with Crippen molar-refractivity contribution < 1.29 is 0 Å². The van der Waals surface area contributed by atoms with E-state index >= 15 is 0 Å². The third kappa shape index (κ3) is 2.81. The number of hydrogen-bond acceptors (Lipinski definition) is 2. The Morgan fingerprint density at radius 2 is 2.13 bits per heavy atom. The zero-order valence-corrected chi connectivity index (χ0v) is 8.89. The summed E-state index contributed by atoms with van der Waals surface area (Å²) in [4.78, 5) is 2.38. The second-order valence-electron chi connectivity index (χ2n) is 4.19. The fourth-order valence-corrected chi connectivity index (χ4v) is 2.15. The van der Waals surface area contributed by atoms with Crippen molar-refractivity contribution in [3.8, 4) is 6.07 Å². The van der Waals surface area contributed by atoms with Gasteiger partial charge in [-0.05, 0) is 24.9 Å². The Balaban J connectivity index is 1.93. The highest BCUT2D eigenvalue weighted by Crippen LogP contribution is 2.17. The molecule has 0 bridgehead atoms. The van der Waals surface area contributed by atoms with Gasteiger partial charge in [-0.15, -0.1) is 0 Å². The van der Waals surface area contributed by atoms with Gasteiger partial charge in [-0.25, -0.2) is 0 Å². The van der Waals surface area contributed by atoms with E-state index in [1.165, 1.54) is 5.56 Å². The molecular formula is C13H16N2. The molecule has 0 unspecified atom stereocenters. The molecule has 0 spiro atoms. The molecule has 0 aromatic heterocycles. The van der Waals surface area contributed by atoms with E-state index in [0.717, 1.165) is 32.5 Å². The van der Waals surface area contributed by atoms with E-state index in [9.17, 15) is 0 Å². The Hall–Kier alpha value is -1.33. The molecule has 0 amide bonds. The van der Waals surface area contributed by atoms with Crippen LogP contribution in [0.3, 0.4) is 0 Å². The minimum absolute atomic E-state index is 0.238. The fraction of sp³-hybridized carbons (Fsp3) is 0.462. The zero-order valence-electron chi connectivity index (χ0n) is 8.89. The van der Waals surface area contributed by atoms with Gasteiger partial charge in [0.1, 0.15) is 0 Å². The molecule has 78 valence electrons. The van der Waals surface area contributed by atoms with Crippen molar-refractivity contribution >= 4 is 0 Å². The monoisotopic (exact) mass is 200 g/mol. The van der Waals surface area contributed by atoms with E-state index in [-0.39, 0.29) is 5.92 Å². The lowest BCUT2D eigenvalue weighted by Crippen LogP contribution is -2.34. The van der Waals surface area contributed by atoms with Crippen molar-refractivity contribution in [2.75, 3.05) is 13.1 Å². The summed E-state index contributed by atoms with van der Waals surface area (Å²) < 4.78 is 0. The first-order valence-corrected chi connectivity index (χ1v) is 5.54. The lowest BCUT2D eigenvalue weighted by atomic mass is 9.99. The molecule has 1 fully saturated rings. The SMILES string of the molecule is N#C[C@@H]1CCCN(Cc2ccccc2)C1. The van der Waals surface area contributed by atoms with Gasteiger partial charge < -0.3 is 0 Å². The summed E-state index contributed by atoms with van der Waals surface area (Å²) in [5.74, 6) is 0.238. The standard InChI is InChI=1S/C13H16N2/c14-9-13-7-4-8-15(11-13)10-12-5-2-1-3-6-12/h1-3,5-6,13H,4,7-8,10-11H2/t13-/m0/s1. The molecule has 1 aliphatic heterocycles. The summed E-state index contributed by atoms with van der Waals surface area (Å²) >= 11 is 0. The molecule has 0 N–H and O–H groups in total. The minimum atomic E-state index is 0.238. The van der Waals surface area contributed by atoms with Gasteiger partial charge in [0.2, 0.25) is 0 Å². The van der Waals surface area contributed by atoms with Gasteiger partial charge >= 0.3 is 0 Å². The number of piperidine rings is 1. The van der Waals surface area contributed by atoms with Gasteiger partial charge in [-0.1, -0.05) is 30.3 Å². The molecule has 15 heavy (non-hydrogen) atoms. The van der Waals surface area contributed by atoms with Crippen LogP contribution in [0.1, 0.15) is 18.4 Å². The maximum atomic E-state index is 8.90. The molecule has 1 aromatic rings. The molecule has 1 aromatic carbocycles. The number of nitrogens with zero attached hydrogens (tertiary/aromatic N) is 2. The van der Waals surface area contributed by atoms with Crippen LogP contribution in [0.4, 0.5) is 0 Å². The predicted octanol–water partition coefficient (Wildman–Crippen LogP) is 2.42. The molecule has 1 heterocycles. The highest BCUT2D eigenvalue weighted by molar-refractivity contribution is 5.14. The first-order valence-electron chi connectivity index (χ1n) is 5.54. The number of likely N-dealkylation sites (tertiary alicyclic amines) is 1. The second kappa shape index (κ2) is 4.95. The van der Waals surface area contributed by atoms with Crippen LogP contribution in [0.15, 0.2) is 30.3 Å². The average Bonchev–Trinajstić information content (AvgIpc) is 2.31. The second-order valence-corrected chi connectivity index (χ2v) is 4.19. The van der Waals surface area contributed by atoms with Crippen molar-refractivity contribution in [3.05, 3.63) is 35.9 Å². The Morgan fingerprint density at radius 1 is 1.33 bits per heavy atom. The molecule has 2 heteroatoms. The van der Waals surface area contributed by atoms with E-state index in [4.69, 9.17) is 5.26 Å². The summed E-state index contributed by atoms with van der Waals surface area (Å²) in [6, 6.07) is 12.9. The van der Waals surface area contributed by atoms with Gasteiger partial charge in [0.15, 0.2) is 0 Å². The Morgan fingerprint density at radius 3 is 2.87 bits per heavy atom. The van der Waals surface area contributed by atoms with Gasteiger partial charge in [-0.3, -0.25) is 4.90 Å². The summed E-state index contributed by atoms with van der Waals surface area (Å²) in [6.07, 6.45) is 2.23. The maximum absolute atomic E-state index is 8.90. The smallest absolute Gasteiger partial charge is 0.0669 e. The van der Waals surface area contributed by atoms with Crippen molar-refractivity contribution in [1.82, 2.24) is 4.90 Å². The van der Waals surface area contributed by atoms with Crippen molar-refractivity contribution in [1.29, 1.82) is 5.26 Å². The molecule has 1 saturated heterocycles. The van der Waals surface area contributed by atoms with Gasteiger partial charge in [0.25, 0.3) is 0 Å². The molecule has 0 saturated carbocycles. The van der Waals surface area contributed by atoms with Crippen molar-refractivity contribution in [2.45, 2.75) is 19.4 Å². The van der Waals surface area contributed by atoms with Crippen LogP contribution in [0.5, 0.6) is 0 Å². The Bertz CT molecular complexity index is 339. The topological polar surface area (TPSA) is 27.0 Å². The van der Waals surface area contributed by atoms with Crippen molar-refractivity contribution in [2.24, 2.45) is 5.92 Å². The quantitative estimate of drug-likeness (QED) is 0.733. The van der Waals surface area contributed by atoms with Crippen LogP contribution in [-0.4, -0.2) is 18.0 Å². The molecule has 2 nitrogen and oxygen atoms in total. The first-order chi connectivity index (χ1) is 7.38. The summed E-state index contributed by atoms with van der Waals surface area (Å²) in [6.45, 7) is 3.05. The van der Waals surface area contributed by atoms with Crippen LogP contribution in [0, 0.1) is 17.2 Å². The van der Waals surface area contributed by atoms with E-state index in [0.29, 0.717) is 0 Å². The summed E-state index contributed by atoms with van der Waals surface area (Å²) in [5.41, 5.74) is 1.34. The molecule has 0 radical (unpaired) electrons. The Labute approximate surface area is 91.1 Å². The Kier molecular flexibility index (Phi) is 3.37. The molecule has 2 rings (SSSR count).